The van der Waals surface area contributed by atoms with Gasteiger partial charge in [-0.3, -0.25) is 9.59 Å². The van der Waals surface area contributed by atoms with Gasteiger partial charge in [-0.1, -0.05) is 25.1 Å². The lowest BCUT2D eigenvalue weighted by Gasteiger charge is -2.32. The van der Waals surface area contributed by atoms with Crippen molar-refractivity contribution in [3.63, 3.8) is 0 Å². The molecule has 2 aliphatic rings. The number of carbonyl (C=O) groups is 2. The summed E-state index contributed by atoms with van der Waals surface area (Å²) in [5, 5.41) is 2.99. The summed E-state index contributed by atoms with van der Waals surface area (Å²) in [5.74, 6) is 0.757. The third-order valence-electron chi connectivity index (χ3n) is 5.91. The van der Waals surface area contributed by atoms with Crippen LogP contribution in [-0.4, -0.2) is 31.4 Å². The van der Waals surface area contributed by atoms with Crippen LogP contribution >= 0.6 is 0 Å². The maximum atomic E-state index is 12.6. The normalized spacial score (nSPS) is 19.5. The van der Waals surface area contributed by atoms with Crippen LogP contribution in [-0.2, 0) is 11.3 Å². The average molecular weight is 392 g/mol. The van der Waals surface area contributed by atoms with Gasteiger partial charge in [-0.2, -0.15) is 0 Å². The summed E-state index contributed by atoms with van der Waals surface area (Å²) in [5.41, 5.74) is 3.73. The van der Waals surface area contributed by atoms with Gasteiger partial charge < -0.3 is 15.1 Å². The number of nitrogens with one attached hydrogen (secondary N) is 1. The zero-order valence-corrected chi connectivity index (χ0v) is 17.1. The molecule has 2 heterocycles. The Labute approximate surface area is 172 Å². The van der Waals surface area contributed by atoms with Crippen molar-refractivity contribution in [3.8, 4) is 0 Å². The van der Waals surface area contributed by atoms with Crippen molar-refractivity contribution < 1.29 is 9.59 Å². The fourth-order valence-corrected chi connectivity index (χ4v) is 4.27. The maximum absolute atomic E-state index is 12.6. The second-order valence-corrected chi connectivity index (χ2v) is 8.24. The third kappa shape index (κ3) is 4.61. The Balaban J connectivity index is 1.35. The van der Waals surface area contributed by atoms with Gasteiger partial charge in [0.05, 0.1) is 0 Å². The average Bonchev–Trinajstić information content (AvgIpc) is 3.18. The first-order chi connectivity index (χ1) is 14.1. The quantitative estimate of drug-likeness (QED) is 0.839. The summed E-state index contributed by atoms with van der Waals surface area (Å²) in [4.78, 5) is 28.7. The summed E-state index contributed by atoms with van der Waals surface area (Å²) in [6.45, 7) is 5.77. The van der Waals surface area contributed by atoms with Crippen molar-refractivity contribution in [3.05, 3.63) is 59.7 Å². The fourth-order valence-electron chi connectivity index (χ4n) is 4.27. The number of nitrogens with zero attached hydrogens (tertiary/aromatic N) is 2. The van der Waals surface area contributed by atoms with E-state index in [1.807, 2.05) is 12.1 Å². The van der Waals surface area contributed by atoms with Crippen molar-refractivity contribution in [2.45, 2.75) is 39.2 Å². The summed E-state index contributed by atoms with van der Waals surface area (Å²) < 4.78 is 0. The molecule has 0 aromatic heterocycles. The van der Waals surface area contributed by atoms with E-state index >= 15 is 0 Å². The maximum Gasteiger partial charge on any atom is 0.251 e. The van der Waals surface area contributed by atoms with Gasteiger partial charge in [0.25, 0.3) is 5.91 Å². The SMILES string of the molecule is C[C@@H]1CCCN(c2ccc(CNC(=O)c3cccc(N4CCCC4=O)c3)cc2)C1. The van der Waals surface area contributed by atoms with Gasteiger partial charge in [0.2, 0.25) is 5.91 Å². The molecule has 0 bridgehead atoms. The molecular formula is C24H29N3O2. The van der Waals surface area contributed by atoms with Crippen LogP contribution in [0.1, 0.15) is 48.5 Å². The number of anilines is 2. The largest absolute Gasteiger partial charge is 0.371 e. The van der Waals surface area contributed by atoms with Crippen LogP contribution in [0, 0.1) is 5.92 Å². The molecule has 2 fully saturated rings. The van der Waals surface area contributed by atoms with Crippen LogP contribution in [0.15, 0.2) is 48.5 Å². The highest BCUT2D eigenvalue weighted by molar-refractivity contribution is 5.99. The first kappa shape index (κ1) is 19.5. The molecule has 0 spiro atoms. The molecule has 0 unspecified atom stereocenters. The minimum Gasteiger partial charge on any atom is -0.371 e. The predicted octanol–water partition coefficient (Wildman–Crippen LogP) is 3.98. The molecule has 1 N–H and O–H groups in total. The van der Waals surface area contributed by atoms with E-state index in [1.165, 1.54) is 18.5 Å². The predicted molar refractivity (Wildman–Crippen MR) is 116 cm³/mol. The van der Waals surface area contributed by atoms with Crippen LogP contribution in [0.25, 0.3) is 0 Å². The van der Waals surface area contributed by atoms with Crippen LogP contribution in [0.2, 0.25) is 0 Å². The van der Waals surface area contributed by atoms with E-state index in [0.717, 1.165) is 43.2 Å². The molecular weight excluding hydrogens is 362 g/mol. The Morgan fingerprint density at radius 1 is 1.07 bits per heavy atom. The number of rotatable bonds is 5. The van der Waals surface area contributed by atoms with Gasteiger partial charge in [0.1, 0.15) is 0 Å². The fraction of sp³-hybridized carbons (Fsp3) is 0.417. The summed E-state index contributed by atoms with van der Waals surface area (Å²) in [7, 11) is 0. The van der Waals surface area contributed by atoms with Crippen LogP contribution in [0.5, 0.6) is 0 Å². The van der Waals surface area contributed by atoms with E-state index in [-0.39, 0.29) is 11.8 Å². The van der Waals surface area contributed by atoms with Gasteiger partial charge >= 0.3 is 0 Å². The molecule has 0 radical (unpaired) electrons. The summed E-state index contributed by atoms with van der Waals surface area (Å²) in [6.07, 6.45) is 4.03. The number of amides is 2. The van der Waals surface area contributed by atoms with E-state index in [0.29, 0.717) is 18.5 Å². The van der Waals surface area contributed by atoms with E-state index < -0.39 is 0 Å². The highest BCUT2D eigenvalue weighted by atomic mass is 16.2. The standard InChI is InChI=1S/C24H29N3O2/c1-18-5-3-13-26(17-18)21-11-9-19(10-12-21)16-25-24(29)20-6-2-7-22(15-20)27-14-4-8-23(27)28/h2,6-7,9-12,15,18H,3-5,8,13-14,16-17H2,1H3,(H,25,29)/t18-/m1/s1. The molecule has 2 aromatic carbocycles. The van der Waals surface area contributed by atoms with Crippen LogP contribution in [0.3, 0.4) is 0 Å². The molecule has 29 heavy (non-hydrogen) atoms. The Kier molecular flexibility index (Phi) is 5.84. The first-order valence-electron chi connectivity index (χ1n) is 10.6. The van der Waals surface area contributed by atoms with Gasteiger partial charge in [-0.15, -0.1) is 0 Å². The number of piperidine rings is 1. The molecule has 5 nitrogen and oxygen atoms in total. The minimum absolute atomic E-state index is 0.118. The van der Waals surface area contributed by atoms with Crippen molar-refractivity contribution in [1.82, 2.24) is 5.32 Å². The molecule has 0 saturated carbocycles. The molecule has 152 valence electrons. The molecule has 2 aromatic rings. The molecule has 2 aliphatic heterocycles. The summed E-state index contributed by atoms with van der Waals surface area (Å²) in [6, 6.07) is 15.8. The van der Waals surface area contributed by atoms with E-state index in [2.05, 4.69) is 41.4 Å². The van der Waals surface area contributed by atoms with E-state index in [4.69, 9.17) is 0 Å². The van der Waals surface area contributed by atoms with Crippen molar-refractivity contribution >= 4 is 23.2 Å². The van der Waals surface area contributed by atoms with Gasteiger partial charge in [0, 0.05) is 49.5 Å². The molecule has 0 aliphatic carbocycles. The Morgan fingerprint density at radius 3 is 2.62 bits per heavy atom. The van der Waals surface area contributed by atoms with Gasteiger partial charge in [0.15, 0.2) is 0 Å². The van der Waals surface area contributed by atoms with Crippen molar-refractivity contribution in [1.29, 1.82) is 0 Å². The second kappa shape index (κ2) is 8.68. The third-order valence-corrected chi connectivity index (χ3v) is 5.91. The molecule has 2 saturated heterocycles. The number of carbonyl (C=O) groups excluding carboxylic acids is 2. The van der Waals surface area contributed by atoms with Gasteiger partial charge in [-0.05, 0) is 61.1 Å². The Morgan fingerprint density at radius 2 is 1.90 bits per heavy atom. The number of hydrogen-bond acceptors (Lipinski definition) is 3. The summed E-state index contributed by atoms with van der Waals surface area (Å²) >= 11 is 0. The van der Waals surface area contributed by atoms with Gasteiger partial charge in [-0.25, -0.2) is 0 Å². The lowest BCUT2D eigenvalue weighted by Crippen LogP contribution is -2.34. The Bertz CT molecular complexity index is 878. The number of hydrogen-bond donors (Lipinski definition) is 1. The second-order valence-electron chi connectivity index (χ2n) is 8.24. The smallest absolute Gasteiger partial charge is 0.251 e. The van der Waals surface area contributed by atoms with E-state index in [9.17, 15) is 9.59 Å². The topological polar surface area (TPSA) is 52.7 Å². The minimum atomic E-state index is -0.118. The molecule has 4 rings (SSSR count). The lowest BCUT2D eigenvalue weighted by molar-refractivity contribution is -0.117. The zero-order valence-electron chi connectivity index (χ0n) is 17.1. The molecule has 2 amide bonds. The van der Waals surface area contributed by atoms with Crippen LogP contribution < -0.4 is 15.1 Å². The Hall–Kier alpha value is -2.82. The molecule has 1 atom stereocenters. The van der Waals surface area contributed by atoms with Crippen molar-refractivity contribution in [2.24, 2.45) is 5.92 Å². The highest BCUT2D eigenvalue weighted by Crippen LogP contribution is 2.24. The highest BCUT2D eigenvalue weighted by Gasteiger charge is 2.22. The van der Waals surface area contributed by atoms with E-state index in [1.54, 1.807) is 17.0 Å². The monoisotopic (exact) mass is 391 g/mol. The zero-order chi connectivity index (χ0) is 20.2. The van der Waals surface area contributed by atoms with Crippen LogP contribution in [0.4, 0.5) is 11.4 Å². The molecule has 5 heteroatoms. The number of benzene rings is 2. The first-order valence-corrected chi connectivity index (χ1v) is 10.6. The van der Waals surface area contributed by atoms with Crippen molar-refractivity contribution in [2.75, 3.05) is 29.4 Å². The lowest BCUT2D eigenvalue weighted by atomic mass is 9.99.